The van der Waals surface area contributed by atoms with Crippen molar-refractivity contribution in [2.45, 2.75) is 39.2 Å². The van der Waals surface area contributed by atoms with Gasteiger partial charge in [-0.1, -0.05) is 25.1 Å². The average Bonchev–Trinajstić information content (AvgIpc) is 2.61. The molecule has 0 aromatic heterocycles. The summed E-state index contributed by atoms with van der Waals surface area (Å²) in [5.74, 6) is 1.82. The number of hydrogen-bond acceptors (Lipinski definition) is 3. The molecule has 1 aliphatic rings. The predicted molar refractivity (Wildman–Crippen MR) is 116 cm³/mol. The Kier molecular flexibility index (Phi) is 10.9. The van der Waals surface area contributed by atoms with Gasteiger partial charge in [-0.3, -0.25) is 4.99 Å². The van der Waals surface area contributed by atoms with Crippen molar-refractivity contribution in [2.75, 3.05) is 39.8 Å². The van der Waals surface area contributed by atoms with Crippen LogP contribution < -0.4 is 15.4 Å². The minimum absolute atomic E-state index is 0. The molecule has 25 heavy (non-hydrogen) atoms. The molecule has 6 heteroatoms. The molecule has 0 bridgehead atoms. The van der Waals surface area contributed by atoms with E-state index in [1.54, 1.807) is 0 Å². The lowest BCUT2D eigenvalue weighted by atomic mass is 10.1. The lowest BCUT2D eigenvalue weighted by molar-refractivity contribution is 0.206. The number of nitrogens with one attached hydrogen (secondary N) is 2. The lowest BCUT2D eigenvalue weighted by Crippen LogP contribution is -2.49. The maximum atomic E-state index is 5.81. The number of guanidine groups is 1. The molecule has 0 unspecified atom stereocenters. The number of rotatable bonds is 7. The van der Waals surface area contributed by atoms with E-state index in [4.69, 9.17) is 4.74 Å². The number of piperidine rings is 1. The fourth-order valence-electron chi connectivity index (χ4n) is 3.05. The molecule has 0 amide bonds. The van der Waals surface area contributed by atoms with Crippen molar-refractivity contribution in [3.63, 3.8) is 0 Å². The number of halogens is 1. The third-order valence-electron chi connectivity index (χ3n) is 4.44. The number of likely N-dealkylation sites (tertiary alicyclic amines) is 1. The highest BCUT2D eigenvalue weighted by molar-refractivity contribution is 14.0. The van der Waals surface area contributed by atoms with E-state index in [0.29, 0.717) is 12.6 Å². The molecule has 1 heterocycles. The number of nitrogens with zero attached hydrogens (tertiary/aromatic N) is 2. The molecule has 0 radical (unpaired) electrons. The zero-order valence-electron chi connectivity index (χ0n) is 15.8. The highest BCUT2D eigenvalue weighted by atomic mass is 127. The van der Waals surface area contributed by atoms with Gasteiger partial charge in [0.15, 0.2) is 5.96 Å². The van der Waals surface area contributed by atoms with Crippen LogP contribution in [0.1, 0.15) is 31.7 Å². The van der Waals surface area contributed by atoms with Gasteiger partial charge >= 0.3 is 0 Å². The molecule has 5 nitrogen and oxygen atoms in total. The van der Waals surface area contributed by atoms with Crippen LogP contribution in [0.3, 0.4) is 0 Å². The summed E-state index contributed by atoms with van der Waals surface area (Å²) in [5, 5.41) is 6.88. The van der Waals surface area contributed by atoms with Crippen molar-refractivity contribution >= 4 is 29.9 Å². The average molecular weight is 460 g/mol. The standard InChI is InChI=1S/C19H32N4O.HI/c1-4-12-23-13-9-17(10-14-23)22-19(20-3)21-11-15-24-18-8-6-5-7-16(18)2;/h5-8,17H,4,9-15H2,1-3H3,(H2,20,21,22);1H. The summed E-state index contributed by atoms with van der Waals surface area (Å²) in [5.41, 5.74) is 1.17. The van der Waals surface area contributed by atoms with Crippen LogP contribution >= 0.6 is 24.0 Å². The van der Waals surface area contributed by atoms with Gasteiger partial charge in [0.25, 0.3) is 0 Å². The fraction of sp³-hybridized carbons (Fsp3) is 0.632. The second kappa shape index (κ2) is 12.4. The second-order valence-corrected chi connectivity index (χ2v) is 6.37. The molecule has 2 N–H and O–H groups in total. The summed E-state index contributed by atoms with van der Waals surface area (Å²) in [4.78, 5) is 6.87. The summed E-state index contributed by atoms with van der Waals surface area (Å²) in [6.45, 7) is 9.25. The maximum absolute atomic E-state index is 5.81. The van der Waals surface area contributed by atoms with E-state index < -0.39 is 0 Å². The first-order valence-corrected chi connectivity index (χ1v) is 9.11. The lowest BCUT2D eigenvalue weighted by Gasteiger charge is -2.32. The van der Waals surface area contributed by atoms with E-state index in [-0.39, 0.29) is 24.0 Å². The Labute approximate surface area is 169 Å². The summed E-state index contributed by atoms with van der Waals surface area (Å²) in [6, 6.07) is 8.61. The van der Waals surface area contributed by atoms with Crippen LogP contribution in [0, 0.1) is 6.92 Å². The molecule has 1 aromatic carbocycles. The first kappa shape index (κ1) is 22.0. The maximum Gasteiger partial charge on any atom is 0.191 e. The van der Waals surface area contributed by atoms with Crippen molar-refractivity contribution in [3.8, 4) is 5.75 Å². The number of aryl methyl sites for hydroxylation is 1. The van der Waals surface area contributed by atoms with Gasteiger partial charge < -0.3 is 20.3 Å². The second-order valence-electron chi connectivity index (χ2n) is 6.37. The zero-order chi connectivity index (χ0) is 17.2. The largest absolute Gasteiger partial charge is 0.491 e. The van der Waals surface area contributed by atoms with E-state index in [1.807, 2.05) is 25.2 Å². The van der Waals surface area contributed by atoms with Crippen molar-refractivity contribution in [1.29, 1.82) is 0 Å². The van der Waals surface area contributed by atoms with Crippen LogP contribution in [0.5, 0.6) is 5.75 Å². The molecule has 0 saturated carbocycles. The van der Waals surface area contributed by atoms with E-state index >= 15 is 0 Å². The van der Waals surface area contributed by atoms with Crippen LogP contribution in [-0.2, 0) is 0 Å². The summed E-state index contributed by atoms with van der Waals surface area (Å²) >= 11 is 0. The SMILES string of the molecule is CCCN1CCC(NC(=NC)NCCOc2ccccc2C)CC1.I. The Morgan fingerprint density at radius 2 is 2.00 bits per heavy atom. The Morgan fingerprint density at radius 3 is 2.64 bits per heavy atom. The van der Waals surface area contributed by atoms with Crippen molar-refractivity contribution < 1.29 is 4.74 Å². The van der Waals surface area contributed by atoms with Gasteiger partial charge in [-0.05, 0) is 44.4 Å². The van der Waals surface area contributed by atoms with Crippen LogP contribution in [0.2, 0.25) is 0 Å². The number of hydrogen-bond donors (Lipinski definition) is 2. The van der Waals surface area contributed by atoms with Gasteiger partial charge in [-0.15, -0.1) is 24.0 Å². The van der Waals surface area contributed by atoms with Gasteiger partial charge in [0.05, 0.1) is 6.54 Å². The molecular formula is C19H33IN4O. The number of ether oxygens (including phenoxy) is 1. The molecular weight excluding hydrogens is 427 g/mol. The van der Waals surface area contributed by atoms with Gasteiger partial charge in [0.1, 0.15) is 12.4 Å². The minimum Gasteiger partial charge on any atom is -0.491 e. The third kappa shape index (κ3) is 7.81. The molecule has 0 atom stereocenters. The molecule has 1 aromatic rings. The van der Waals surface area contributed by atoms with Crippen molar-refractivity contribution in [2.24, 2.45) is 4.99 Å². The Bertz CT molecular complexity index is 516. The topological polar surface area (TPSA) is 48.9 Å². The van der Waals surface area contributed by atoms with Crippen molar-refractivity contribution in [1.82, 2.24) is 15.5 Å². The quantitative estimate of drug-likeness (QED) is 0.284. The fourth-order valence-corrected chi connectivity index (χ4v) is 3.05. The number of aliphatic imine (C=N–C) groups is 1. The molecule has 0 spiro atoms. The van der Waals surface area contributed by atoms with E-state index in [9.17, 15) is 0 Å². The molecule has 0 aliphatic carbocycles. The summed E-state index contributed by atoms with van der Waals surface area (Å²) in [6.07, 6.45) is 3.60. The summed E-state index contributed by atoms with van der Waals surface area (Å²) < 4.78 is 5.81. The molecule has 1 aliphatic heterocycles. The van der Waals surface area contributed by atoms with Gasteiger partial charge in [0.2, 0.25) is 0 Å². The van der Waals surface area contributed by atoms with E-state index in [0.717, 1.165) is 18.3 Å². The number of para-hydroxylation sites is 1. The normalized spacial score (nSPS) is 16.2. The minimum atomic E-state index is 0. The van der Waals surface area contributed by atoms with Gasteiger partial charge in [-0.2, -0.15) is 0 Å². The van der Waals surface area contributed by atoms with Gasteiger partial charge in [0, 0.05) is 26.2 Å². The molecule has 1 fully saturated rings. The van der Waals surface area contributed by atoms with Crippen LogP contribution in [-0.4, -0.2) is 56.7 Å². The molecule has 2 rings (SSSR count). The van der Waals surface area contributed by atoms with E-state index in [2.05, 4.69) is 40.4 Å². The van der Waals surface area contributed by atoms with Crippen LogP contribution in [0.15, 0.2) is 29.3 Å². The smallest absolute Gasteiger partial charge is 0.191 e. The Morgan fingerprint density at radius 1 is 1.28 bits per heavy atom. The third-order valence-corrected chi connectivity index (χ3v) is 4.44. The predicted octanol–water partition coefficient (Wildman–Crippen LogP) is 3.03. The zero-order valence-corrected chi connectivity index (χ0v) is 18.1. The van der Waals surface area contributed by atoms with E-state index in [1.165, 1.54) is 44.5 Å². The first-order chi connectivity index (χ1) is 11.7. The Balaban J connectivity index is 0.00000312. The monoisotopic (exact) mass is 460 g/mol. The van der Waals surface area contributed by atoms with Crippen molar-refractivity contribution in [3.05, 3.63) is 29.8 Å². The number of benzene rings is 1. The first-order valence-electron chi connectivity index (χ1n) is 9.11. The van der Waals surface area contributed by atoms with Crippen LogP contribution in [0.4, 0.5) is 0 Å². The van der Waals surface area contributed by atoms with Gasteiger partial charge in [-0.25, -0.2) is 0 Å². The Hall–Kier alpha value is -1.02. The highest BCUT2D eigenvalue weighted by Crippen LogP contribution is 2.15. The molecule has 1 saturated heterocycles. The molecule has 142 valence electrons. The van der Waals surface area contributed by atoms with Crippen LogP contribution in [0.25, 0.3) is 0 Å². The summed E-state index contributed by atoms with van der Waals surface area (Å²) in [7, 11) is 1.82. The highest BCUT2D eigenvalue weighted by Gasteiger charge is 2.19.